The second-order valence-electron chi connectivity index (χ2n) is 9.67. The SMILES string of the molecule is CC[C@@H](C)NC(=O)[C@@H](C)N(Cc1cccc(C)c1)C(=O)CN(c1ccc(Cl)cc1)S(=O)(=O)c1ccc(OC)cc1. The van der Waals surface area contributed by atoms with Crippen molar-refractivity contribution in [1.82, 2.24) is 10.2 Å². The van der Waals surface area contributed by atoms with Crippen LogP contribution in [0.2, 0.25) is 5.02 Å². The summed E-state index contributed by atoms with van der Waals surface area (Å²) in [5.74, 6) is -0.342. The van der Waals surface area contributed by atoms with E-state index in [0.717, 1.165) is 21.9 Å². The lowest BCUT2D eigenvalue weighted by molar-refractivity contribution is -0.139. The molecule has 40 heavy (non-hydrogen) atoms. The summed E-state index contributed by atoms with van der Waals surface area (Å²) in [5.41, 5.74) is 2.10. The number of amides is 2. The molecule has 0 unspecified atom stereocenters. The Bertz CT molecular complexity index is 1410. The number of nitrogens with zero attached hydrogens (tertiary/aromatic N) is 2. The van der Waals surface area contributed by atoms with E-state index in [1.807, 2.05) is 45.0 Å². The summed E-state index contributed by atoms with van der Waals surface area (Å²) in [6, 6.07) is 18.8. The molecule has 2 amide bonds. The Morgan fingerprint density at radius 2 is 1.65 bits per heavy atom. The molecule has 10 heteroatoms. The molecule has 0 heterocycles. The molecule has 214 valence electrons. The zero-order valence-electron chi connectivity index (χ0n) is 23.4. The lowest BCUT2D eigenvalue weighted by Crippen LogP contribution is -2.52. The van der Waals surface area contributed by atoms with Gasteiger partial charge in [-0.05, 0) is 81.3 Å². The summed E-state index contributed by atoms with van der Waals surface area (Å²) in [5, 5.41) is 3.35. The standard InChI is InChI=1S/C30H36ClN3O5S/c1-6-22(3)32-30(36)23(4)33(19-24-9-7-8-21(2)18-24)29(35)20-34(26-12-10-25(31)11-13-26)40(37,38)28-16-14-27(39-5)15-17-28/h7-18,22-23H,6,19-20H2,1-5H3,(H,32,36)/t22-,23-/m1/s1. The van der Waals surface area contributed by atoms with Gasteiger partial charge in [-0.2, -0.15) is 0 Å². The maximum atomic E-state index is 14.0. The molecule has 2 atom stereocenters. The number of anilines is 1. The van der Waals surface area contributed by atoms with Crippen LogP contribution in [0.15, 0.2) is 77.7 Å². The summed E-state index contributed by atoms with van der Waals surface area (Å²) in [4.78, 5) is 28.5. The molecular formula is C30H36ClN3O5S. The van der Waals surface area contributed by atoms with Crippen molar-refractivity contribution in [2.24, 2.45) is 0 Å². The first kappa shape index (κ1) is 31.0. The van der Waals surface area contributed by atoms with Gasteiger partial charge in [0.1, 0.15) is 18.3 Å². The molecule has 0 aliphatic carbocycles. The Hall–Kier alpha value is -3.56. The second-order valence-corrected chi connectivity index (χ2v) is 12.0. The third-order valence-electron chi connectivity index (χ3n) is 6.64. The molecule has 3 aromatic carbocycles. The first-order chi connectivity index (χ1) is 19.0. The van der Waals surface area contributed by atoms with Gasteiger partial charge in [0.15, 0.2) is 0 Å². The van der Waals surface area contributed by atoms with Gasteiger partial charge in [0.25, 0.3) is 10.0 Å². The third kappa shape index (κ3) is 7.76. The highest BCUT2D eigenvalue weighted by Crippen LogP contribution is 2.27. The summed E-state index contributed by atoms with van der Waals surface area (Å²) in [6.07, 6.45) is 0.731. The van der Waals surface area contributed by atoms with Crippen molar-refractivity contribution >= 4 is 39.1 Å². The number of ether oxygens (including phenoxy) is 1. The molecule has 0 fully saturated rings. The Balaban J connectivity index is 2.02. The Morgan fingerprint density at radius 3 is 2.23 bits per heavy atom. The Labute approximate surface area is 241 Å². The minimum absolute atomic E-state index is 0.0103. The molecule has 0 bridgehead atoms. The maximum absolute atomic E-state index is 14.0. The fourth-order valence-electron chi connectivity index (χ4n) is 4.07. The third-order valence-corrected chi connectivity index (χ3v) is 8.68. The summed E-state index contributed by atoms with van der Waals surface area (Å²) in [6.45, 7) is 7.05. The monoisotopic (exact) mass is 585 g/mol. The van der Waals surface area contributed by atoms with Crippen LogP contribution < -0.4 is 14.4 Å². The predicted octanol–water partition coefficient (Wildman–Crippen LogP) is 5.18. The van der Waals surface area contributed by atoms with Gasteiger partial charge in [0, 0.05) is 17.6 Å². The van der Waals surface area contributed by atoms with Crippen LogP contribution in [0.25, 0.3) is 0 Å². The number of benzene rings is 3. The number of aryl methyl sites for hydroxylation is 1. The summed E-state index contributed by atoms with van der Waals surface area (Å²) >= 11 is 6.07. The normalized spacial score (nSPS) is 12.8. The van der Waals surface area contributed by atoms with Crippen molar-refractivity contribution in [2.75, 3.05) is 18.0 Å². The molecule has 0 aromatic heterocycles. The van der Waals surface area contributed by atoms with Crippen LogP contribution in [0.1, 0.15) is 38.3 Å². The quantitative estimate of drug-likeness (QED) is 0.316. The number of halogens is 1. The van der Waals surface area contributed by atoms with Crippen molar-refractivity contribution in [1.29, 1.82) is 0 Å². The number of carbonyl (C=O) groups excluding carboxylic acids is 2. The van der Waals surface area contributed by atoms with Crippen molar-refractivity contribution in [3.05, 3.63) is 88.9 Å². The van der Waals surface area contributed by atoms with E-state index in [9.17, 15) is 18.0 Å². The molecule has 1 N–H and O–H groups in total. The average molecular weight is 586 g/mol. The highest BCUT2D eigenvalue weighted by Gasteiger charge is 2.32. The minimum atomic E-state index is -4.18. The molecule has 3 aromatic rings. The molecule has 3 rings (SSSR count). The molecule has 8 nitrogen and oxygen atoms in total. The first-order valence-electron chi connectivity index (χ1n) is 13.0. The van der Waals surface area contributed by atoms with Crippen LogP contribution in [0, 0.1) is 6.92 Å². The number of hydrogen-bond acceptors (Lipinski definition) is 5. The highest BCUT2D eigenvalue weighted by atomic mass is 35.5. The summed E-state index contributed by atoms with van der Waals surface area (Å²) < 4.78 is 33.9. The van der Waals surface area contributed by atoms with Crippen LogP contribution in [0.5, 0.6) is 5.75 Å². The van der Waals surface area contributed by atoms with E-state index in [1.54, 1.807) is 43.3 Å². The first-order valence-corrected chi connectivity index (χ1v) is 14.9. The Kier molecular flexibility index (Phi) is 10.6. The van der Waals surface area contributed by atoms with E-state index in [-0.39, 0.29) is 29.1 Å². The zero-order chi connectivity index (χ0) is 29.4. The minimum Gasteiger partial charge on any atom is -0.497 e. The van der Waals surface area contributed by atoms with Crippen LogP contribution in [-0.4, -0.2) is 50.9 Å². The largest absolute Gasteiger partial charge is 0.497 e. The van der Waals surface area contributed by atoms with Gasteiger partial charge in [-0.3, -0.25) is 13.9 Å². The van der Waals surface area contributed by atoms with Crippen LogP contribution in [0.3, 0.4) is 0 Å². The van der Waals surface area contributed by atoms with Gasteiger partial charge in [0.2, 0.25) is 11.8 Å². The molecule has 0 aliphatic heterocycles. The van der Waals surface area contributed by atoms with E-state index in [1.165, 1.54) is 24.1 Å². The number of sulfonamides is 1. The van der Waals surface area contributed by atoms with E-state index in [0.29, 0.717) is 10.8 Å². The van der Waals surface area contributed by atoms with Crippen molar-refractivity contribution in [3.63, 3.8) is 0 Å². The fourth-order valence-corrected chi connectivity index (χ4v) is 5.61. The van der Waals surface area contributed by atoms with E-state index >= 15 is 0 Å². The maximum Gasteiger partial charge on any atom is 0.264 e. The lowest BCUT2D eigenvalue weighted by Gasteiger charge is -2.32. The average Bonchev–Trinajstić information content (AvgIpc) is 2.94. The van der Waals surface area contributed by atoms with E-state index < -0.39 is 28.5 Å². The van der Waals surface area contributed by atoms with Gasteiger partial charge >= 0.3 is 0 Å². The van der Waals surface area contributed by atoms with Gasteiger partial charge < -0.3 is 15.0 Å². The molecule has 0 saturated carbocycles. The van der Waals surface area contributed by atoms with Crippen molar-refractivity contribution in [2.45, 2.75) is 57.6 Å². The fraction of sp³-hybridized carbons (Fsp3) is 0.333. The van der Waals surface area contributed by atoms with Gasteiger partial charge in [-0.25, -0.2) is 8.42 Å². The van der Waals surface area contributed by atoms with Gasteiger partial charge in [-0.15, -0.1) is 0 Å². The number of methoxy groups -OCH3 is 1. The predicted molar refractivity (Wildman–Crippen MR) is 158 cm³/mol. The van der Waals surface area contributed by atoms with Crippen LogP contribution >= 0.6 is 11.6 Å². The van der Waals surface area contributed by atoms with Crippen molar-refractivity contribution in [3.8, 4) is 5.75 Å². The molecule has 0 spiro atoms. The smallest absolute Gasteiger partial charge is 0.264 e. The number of carbonyl (C=O) groups is 2. The summed E-state index contributed by atoms with van der Waals surface area (Å²) in [7, 11) is -2.69. The second kappa shape index (κ2) is 13.7. The van der Waals surface area contributed by atoms with Crippen molar-refractivity contribution < 1.29 is 22.7 Å². The molecular weight excluding hydrogens is 550 g/mol. The molecule has 0 radical (unpaired) electrons. The molecule has 0 saturated heterocycles. The number of nitrogens with one attached hydrogen (secondary N) is 1. The van der Waals surface area contributed by atoms with E-state index in [2.05, 4.69) is 5.32 Å². The highest BCUT2D eigenvalue weighted by molar-refractivity contribution is 7.92. The van der Waals surface area contributed by atoms with Gasteiger partial charge in [-0.1, -0.05) is 48.4 Å². The topological polar surface area (TPSA) is 96.0 Å². The lowest BCUT2D eigenvalue weighted by atomic mass is 10.1. The number of hydrogen-bond donors (Lipinski definition) is 1. The Morgan fingerprint density at radius 1 is 1.00 bits per heavy atom. The van der Waals surface area contributed by atoms with E-state index in [4.69, 9.17) is 16.3 Å². The number of rotatable bonds is 12. The molecule has 0 aliphatic rings. The van der Waals surface area contributed by atoms with Gasteiger partial charge in [0.05, 0.1) is 17.7 Å². The van der Waals surface area contributed by atoms with Crippen LogP contribution in [0.4, 0.5) is 5.69 Å². The van der Waals surface area contributed by atoms with Crippen LogP contribution in [-0.2, 0) is 26.2 Å². The zero-order valence-corrected chi connectivity index (χ0v) is 25.0.